The molecule has 0 saturated carbocycles. The number of amides is 1. The van der Waals surface area contributed by atoms with E-state index in [0.29, 0.717) is 25.1 Å². The number of carboxylic acid groups (broad SMARTS) is 1. The lowest BCUT2D eigenvalue weighted by molar-refractivity contribution is -0.143. The van der Waals surface area contributed by atoms with Crippen LogP contribution in [0, 0.1) is 5.92 Å². The first-order chi connectivity index (χ1) is 12.4. The van der Waals surface area contributed by atoms with Gasteiger partial charge in [0, 0.05) is 38.3 Å². The average Bonchev–Trinajstić information content (AvgIpc) is 2.61. The smallest absolute Gasteiger partial charge is 0.308 e. The summed E-state index contributed by atoms with van der Waals surface area (Å²) in [6.07, 6.45) is 1.87. The summed E-state index contributed by atoms with van der Waals surface area (Å²) >= 11 is 0. The van der Waals surface area contributed by atoms with Crippen molar-refractivity contribution < 1.29 is 19.4 Å². The lowest BCUT2D eigenvalue weighted by atomic mass is 9.97. The van der Waals surface area contributed by atoms with Crippen LogP contribution in [-0.2, 0) is 16.1 Å². The Kier molecular flexibility index (Phi) is 5.94. The van der Waals surface area contributed by atoms with E-state index in [-0.39, 0.29) is 18.1 Å². The van der Waals surface area contributed by atoms with Crippen LogP contribution in [0.25, 0.3) is 0 Å². The van der Waals surface area contributed by atoms with Crippen LogP contribution in [0.1, 0.15) is 42.6 Å². The van der Waals surface area contributed by atoms with Gasteiger partial charge < -0.3 is 14.7 Å². The van der Waals surface area contributed by atoms with Crippen LogP contribution >= 0.6 is 0 Å². The monoisotopic (exact) mass is 360 g/mol. The SMILES string of the molecule is CC1CN(Cc2ccc(C(=O)N3CCCC(C(=O)O)C3)cc2)CC(C)O1. The molecule has 0 aromatic heterocycles. The molecule has 2 aliphatic heterocycles. The zero-order valence-corrected chi connectivity index (χ0v) is 15.6. The van der Waals surface area contributed by atoms with E-state index < -0.39 is 11.9 Å². The van der Waals surface area contributed by atoms with Crippen LogP contribution in [0.5, 0.6) is 0 Å². The minimum atomic E-state index is -0.813. The van der Waals surface area contributed by atoms with Crippen molar-refractivity contribution in [1.82, 2.24) is 9.80 Å². The Morgan fingerprint density at radius 3 is 2.38 bits per heavy atom. The highest BCUT2D eigenvalue weighted by atomic mass is 16.5. The van der Waals surface area contributed by atoms with E-state index in [1.807, 2.05) is 24.3 Å². The number of morpholine rings is 1. The molecule has 26 heavy (non-hydrogen) atoms. The summed E-state index contributed by atoms with van der Waals surface area (Å²) in [7, 11) is 0. The van der Waals surface area contributed by atoms with E-state index in [9.17, 15) is 14.7 Å². The number of aliphatic carboxylic acids is 1. The third-order valence-electron chi connectivity index (χ3n) is 5.16. The Labute approximate surface area is 154 Å². The summed E-state index contributed by atoms with van der Waals surface area (Å²) in [6.45, 7) is 7.79. The molecule has 3 rings (SSSR count). The third-order valence-corrected chi connectivity index (χ3v) is 5.16. The zero-order valence-electron chi connectivity index (χ0n) is 15.6. The van der Waals surface area contributed by atoms with Gasteiger partial charge in [-0.05, 0) is 44.4 Å². The third kappa shape index (κ3) is 4.62. The first kappa shape index (κ1) is 18.9. The molecule has 2 fully saturated rings. The summed E-state index contributed by atoms with van der Waals surface area (Å²) in [4.78, 5) is 27.9. The highest BCUT2D eigenvalue weighted by molar-refractivity contribution is 5.94. The number of ether oxygens (including phenoxy) is 1. The van der Waals surface area contributed by atoms with E-state index in [1.165, 1.54) is 5.56 Å². The molecule has 1 amide bonds. The number of likely N-dealkylation sites (tertiary alicyclic amines) is 1. The van der Waals surface area contributed by atoms with Crippen molar-refractivity contribution in [3.05, 3.63) is 35.4 Å². The fourth-order valence-electron chi connectivity index (χ4n) is 3.97. The molecule has 1 aromatic rings. The number of hydrogen-bond donors (Lipinski definition) is 1. The minimum Gasteiger partial charge on any atom is -0.481 e. The molecular formula is C20H28N2O4. The number of rotatable bonds is 4. The number of carbonyl (C=O) groups excluding carboxylic acids is 1. The normalized spacial score (nSPS) is 27.3. The highest BCUT2D eigenvalue weighted by Gasteiger charge is 2.28. The van der Waals surface area contributed by atoms with Crippen LogP contribution < -0.4 is 0 Å². The van der Waals surface area contributed by atoms with E-state index in [1.54, 1.807) is 4.90 Å². The van der Waals surface area contributed by atoms with Crippen LogP contribution in [0.2, 0.25) is 0 Å². The zero-order chi connectivity index (χ0) is 18.7. The summed E-state index contributed by atoms with van der Waals surface area (Å²) < 4.78 is 5.76. The number of benzene rings is 1. The van der Waals surface area contributed by atoms with Gasteiger partial charge in [-0.15, -0.1) is 0 Å². The molecule has 2 saturated heterocycles. The van der Waals surface area contributed by atoms with Crippen LogP contribution in [-0.4, -0.2) is 65.2 Å². The van der Waals surface area contributed by atoms with Crippen molar-refractivity contribution in [1.29, 1.82) is 0 Å². The number of piperidine rings is 1. The van der Waals surface area contributed by atoms with Crippen LogP contribution in [0.4, 0.5) is 0 Å². The maximum Gasteiger partial charge on any atom is 0.308 e. The first-order valence-corrected chi connectivity index (χ1v) is 9.41. The second kappa shape index (κ2) is 8.18. The Balaban J connectivity index is 1.60. The molecule has 1 aromatic carbocycles. The van der Waals surface area contributed by atoms with Crippen LogP contribution in [0.3, 0.4) is 0 Å². The number of nitrogens with zero attached hydrogens (tertiary/aromatic N) is 2. The molecule has 2 heterocycles. The predicted molar refractivity (Wildman–Crippen MR) is 98.0 cm³/mol. The lowest BCUT2D eigenvalue weighted by Gasteiger charge is -2.35. The van der Waals surface area contributed by atoms with E-state index in [0.717, 1.165) is 26.1 Å². The van der Waals surface area contributed by atoms with Gasteiger partial charge in [0.1, 0.15) is 0 Å². The molecule has 3 atom stereocenters. The first-order valence-electron chi connectivity index (χ1n) is 9.41. The Bertz CT molecular complexity index is 636. The van der Waals surface area contributed by atoms with Gasteiger partial charge in [-0.3, -0.25) is 14.5 Å². The lowest BCUT2D eigenvalue weighted by Crippen LogP contribution is -2.44. The van der Waals surface area contributed by atoms with Gasteiger partial charge in [0.2, 0.25) is 0 Å². The largest absolute Gasteiger partial charge is 0.481 e. The second-order valence-corrected chi connectivity index (χ2v) is 7.58. The molecule has 0 bridgehead atoms. The van der Waals surface area contributed by atoms with Crippen molar-refractivity contribution in [3.8, 4) is 0 Å². The van der Waals surface area contributed by atoms with E-state index >= 15 is 0 Å². The topological polar surface area (TPSA) is 70.1 Å². The van der Waals surface area contributed by atoms with Gasteiger partial charge in [0.25, 0.3) is 5.91 Å². The molecule has 6 nitrogen and oxygen atoms in total. The van der Waals surface area contributed by atoms with Crippen molar-refractivity contribution >= 4 is 11.9 Å². The number of hydrogen-bond acceptors (Lipinski definition) is 4. The molecule has 0 aliphatic carbocycles. The van der Waals surface area contributed by atoms with Crippen molar-refractivity contribution in [2.24, 2.45) is 5.92 Å². The van der Waals surface area contributed by atoms with Crippen LogP contribution in [0.15, 0.2) is 24.3 Å². The maximum atomic E-state index is 12.7. The van der Waals surface area contributed by atoms with E-state index in [4.69, 9.17) is 4.74 Å². The molecule has 1 N–H and O–H groups in total. The Morgan fingerprint density at radius 1 is 1.12 bits per heavy atom. The fraction of sp³-hybridized carbons (Fsp3) is 0.600. The Hall–Kier alpha value is -1.92. The average molecular weight is 360 g/mol. The standard InChI is InChI=1S/C20H28N2O4/c1-14-10-21(11-15(2)26-14)12-16-5-7-17(8-6-16)19(23)22-9-3-4-18(13-22)20(24)25/h5-8,14-15,18H,3-4,9-13H2,1-2H3,(H,24,25). The number of carbonyl (C=O) groups is 2. The van der Waals surface area contributed by atoms with Crippen molar-refractivity contribution in [2.75, 3.05) is 26.2 Å². The molecule has 3 unspecified atom stereocenters. The maximum absolute atomic E-state index is 12.7. The quantitative estimate of drug-likeness (QED) is 0.892. The van der Waals surface area contributed by atoms with Gasteiger partial charge >= 0.3 is 5.97 Å². The van der Waals surface area contributed by atoms with Gasteiger partial charge in [-0.1, -0.05) is 12.1 Å². The van der Waals surface area contributed by atoms with Gasteiger partial charge in [-0.2, -0.15) is 0 Å². The molecule has 142 valence electrons. The van der Waals surface area contributed by atoms with Gasteiger partial charge in [0.05, 0.1) is 18.1 Å². The minimum absolute atomic E-state index is 0.0730. The summed E-state index contributed by atoms with van der Waals surface area (Å²) in [5, 5.41) is 9.19. The fourth-order valence-corrected chi connectivity index (χ4v) is 3.97. The van der Waals surface area contributed by atoms with Gasteiger partial charge in [-0.25, -0.2) is 0 Å². The van der Waals surface area contributed by atoms with E-state index in [2.05, 4.69) is 18.7 Å². The summed E-state index contributed by atoms with van der Waals surface area (Å²) in [6, 6.07) is 7.71. The van der Waals surface area contributed by atoms with Crippen molar-refractivity contribution in [3.63, 3.8) is 0 Å². The Morgan fingerprint density at radius 2 is 1.77 bits per heavy atom. The summed E-state index contributed by atoms with van der Waals surface area (Å²) in [5.41, 5.74) is 1.80. The number of carboxylic acids is 1. The molecule has 2 aliphatic rings. The summed E-state index contributed by atoms with van der Waals surface area (Å²) in [5.74, 6) is -1.33. The predicted octanol–water partition coefficient (Wildman–Crippen LogP) is 2.23. The molecular weight excluding hydrogens is 332 g/mol. The molecule has 6 heteroatoms. The molecule has 0 radical (unpaired) electrons. The van der Waals surface area contributed by atoms with Gasteiger partial charge in [0.15, 0.2) is 0 Å². The highest BCUT2D eigenvalue weighted by Crippen LogP contribution is 2.20. The second-order valence-electron chi connectivity index (χ2n) is 7.58. The molecule has 0 spiro atoms. The van der Waals surface area contributed by atoms with Crippen molar-refractivity contribution in [2.45, 2.75) is 45.4 Å².